The third kappa shape index (κ3) is 2.43. The van der Waals surface area contributed by atoms with Crippen LogP contribution in [0.2, 0.25) is 5.02 Å². The molecule has 0 aliphatic carbocycles. The van der Waals surface area contributed by atoms with Crippen LogP contribution in [-0.4, -0.2) is 12.7 Å². The van der Waals surface area contributed by atoms with Gasteiger partial charge >= 0.3 is 5.63 Å². The number of hydrogen-bond donors (Lipinski definition) is 0. The van der Waals surface area contributed by atoms with Crippen LogP contribution in [0.4, 0.5) is 0 Å². The predicted molar refractivity (Wildman–Crippen MR) is 86.4 cm³/mol. The fourth-order valence-corrected chi connectivity index (χ4v) is 2.87. The van der Waals surface area contributed by atoms with Gasteiger partial charge in [0.1, 0.15) is 5.58 Å². The first kappa shape index (κ1) is 13.6. The highest BCUT2D eigenvalue weighted by Crippen LogP contribution is 2.31. The van der Waals surface area contributed by atoms with Crippen LogP contribution in [0.5, 0.6) is 0 Å². The van der Waals surface area contributed by atoms with Gasteiger partial charge in [-0.2, -0.15) is 0 Å². The Kier molecular flexibility index (Phi) is 3.25. The molecule has 110 valence electrons. The van der Waals surface area contributed by atoms with Gasteiger partial charge in [0, 0.05) is 16.8 Å². The van der Waals surface area contributed by atoms with Crippen LogP contribution in [0, 0.1) is 0 Å². The van der Waals surface area contributed by atoms with Gasteiger partial charge in [-0.3, -0.25) is 0 Å². The molecule has 1 saturated heterocycles. The molecule has 0 radical (unpaired) electrons. The molecule has 0 bridgehead atoms. The number of benzene rings is 2. The molecule has 0 N–H and O–H groups in total. The number of fused-ring (bicyclic) bond motifs is 1. The Labute approximate surface area is 132 Å². The first-order chi connectivity index (χ1) is 10.7. The Morgan fingerprint density at radius 2 is 1.82 bits per heavy atom. The summed E-state index contributed by atoms with van der Waals surface area (Å²) >= 11 is 5.95. The number of rotatable bonds is 3. The highest BCUT2D eigenvalue weighted by Gasteiger charge is 2.27. The maximum Gasteiger partial charge on any atom is 0.344 e. The molecule has 3 aromatic rings. The predicted octanol–water partition coefficient (Wildman–Crippen LogP) is 4.05. The minimum Gasteiger partial charge on any atom is -0.422 e. The van der Waals surface area contributed by atoms with Crippen LogP contribution in [0.3, 0.4) is 0 Å². The van der Waals surface area contributed by atoms with Crippen molar-refractivity contribution in [1.82, 2.24) is 0 Å². The van der Waals surface area contributed by atoms with E-state index in [9.17, 15) is 4.79 Å². The molecule has 2 aromatic carbocycles. The summed E-state index contributed by atoms with van der Waals surface area (Å²) in [5, 5.41) is 1.60. The van der Waals surface area contributed by atoms with E-state index < -0.39 is 0 Å². The zero-order valence-electron chi connectivity index (χ0n) is 11.7. The van der Waals surface area contributed by atoms with Crippen molar-refractivity contribution in [2.75, 3.05) is 6.61 Å². The lowest BCUT2D eigenvalue weighted by Gasteiger charge is -2.11. The molecule has 1 aliphatic heterocycles. The molecule has 22 heavy (non-hydrogen) atoms. The molecular formula is C18H13ClO3. The summed E-state index contributed by atoms with van der Waals surface area (Å²) in [7, 11) is 0. The van der Waals surface area contributed by atoms with E-state index in [0.29, 0.717) is 22.6 Å². The fraction of sp³-hybridized carbons (Fsp3) is 0.167. The second-order valence-electron chi connectivity index (χ2n) is 5.41. The number of para-hydroxylation sites is 1. The highest BCUT2D eigenvalue weighted by atomic mass is 35.5. The van der Waals surface area contributed by atoms with Gasteiger partial charge in [0.05, 0.1) is 18.3 Å². The smallest absolute Gasteiger partial charge is 0.344 e. The average Bonchev–Trinajstić information content (AvgIpc) is 3.33. The van der Waals surface area contributed by atoms with Crippen LogP contribution in [0.15, 0.2) is 57.7 Å². The van der Waals surface area contributed by atoms with Crippen LogP contribution < -0.4 is 5.63 Å². The molecule has 1 atom stereocenters. The Morgan fingerprint density at radius 1 is 1.09 bits per heavy atom. The van der Waals surface area contributed by atoms with E-state index in [4.69, 9.17) is 20.8 Å². The minimum atomic E-state index is -0.323. The Bertz CT molecular complexity index is 892. The standard InChI is InChI=1S/C18H13ClO3/c19-12-7-5-11(6-8-12)17-15(9-13-10-21-13)14-3-1-2-4-16(14)22-18(17)20/h1-8,13H,9-10H2. The molecule has 4 rings (SSSR count). The summed E-state index contributed by atoms with van der Waals surface area (Å²) in [5.74, 6) is 0. The van der Waals surface area contributed by atoms with E-state index in [-0.39, 0.29) is 11.7 Å². The fourth-order valence-electron chi connectivity index (χ4n) is 2.75. The highest BCUT2D eigenvalue weighted by molar-refractivity contribution is 6.30. The molecular weight excluding hydrogens is 300 g/mol. The molecule has 2 heterocycles. The summed E-state index contributed by atoms with van der Waals surface area (Å²) in [6.07, 6.45) is 0.903. The molecule has 4 heteroatoms. The molecule has 1 aliphatic rings. The van der Waals surface area contributed by atoms with Crippen molar-refractivity contribution in [3.63, 3.8) is 0 Å². The number of ether oxygens (including phenoxy) is 1. The molecule has 1 unspecified atom stereocenters. The van der Waals surface area contributed by atoms with Crippen LogP contribution >= 0.6 is 11.6 Å². The molecule has 0 amide bonds. The van der Waals surface area contributed by atoms with E-state index in [0.717, 1.165) is 23.1 Å². The molecule has 0 saturated carbocycles. The van der Waals surface area contributed by atoms with Crippen molar-refractivity contribution >= 4 is 22.6 Å². The second kappa shape index (κ2) is 5.27. The van der Waals surface area contributed by atoms with Crippen molar-refractivity contribution in [2.45, 2.75) is 12.5 Å². The Hall–Kier alpha value is -2.10. The normalized spacial score (nSPS) is 16.9. The molecule has 1 fully saturated rings. The van der Waals surface area contributed by atoms with E-state index in [2.05, 4.69) is 0 Å². The maximum atomic E-state index is 12.5. The van der Waals surface area contributed by atoms with E-state index in [1.165, 1.54) is 0 Å². The lowest BCUT2D eigenvalue weighted by molar-refractivity contribution is 0.408. The quantitative estimate of drug-likeness (QED) is 0.541. The second-order valence-corrected chi connectivity index (χ2v) is 5.84. The van der Waals surface area contributed by atoms with Gasteiger partial charge in [-0.25, -0.2) is 4.79 Å². The van der Waals surface area contributed by atoms with Crippen molar-refractivity contribution in [2.24, 2.45) is 0 Å². The number of epoxide rings is 1. The number of hydrogen-bond acceptors (Lipinski definition) is 3. The van der Waals surface area contributed by atoms with E-state index >= 15 is 0 Å². The van der Waals surface area contributed by atoms with Gasteiger partial charge in [0.15, 0.2) is 0 Å². The van der Waals surface area contributed by atoms with E-state index in [1.54, 1.807) is 12.1 Å². The van der Waals surface area contributed by atoms with Crippen LogP contribution in [0.1, 0.15) is 5.56 Å². The lowest BCUT2D eigenvalue weighted by Crippen LogP contribution is -2.10. The monoisotopic (exact) mass is 312 g/mol. The van der Waals surface area contributed by atoms with Gasteiger partial charge in [-0.1, -0.05) is 41.9 Å². The van der Waals surface area contributed by atoms with Crippen molar-refractivity contribution in [3.05, 3.63) is 69.5 Å². The molecule has 3 nitrogen and oxygen atoms in total. The lowest BCUT2D eigenvalue weighted by atomic mass is 9.95. The summed E-state index contributed by atoms with van der Waals surface area (Å²) in [4.78, 5) is 12.5. The van der Waals surface area contributed by atoms with Gasteiger partial charge in [0.2, 0.25) is 0 Å². The van der Waals surface area contributed by atoms with Crippen LogP contribution in [0.25, 0.3) is 22.1 Å². The topological polar surface area (TPSA) is 42.7 Å². The first-order valence-corrected chi connectivity index (χ1v) is 7.52. The third-order valence-electron chi connectivity index (χ3n) is 3.89. The van der Waals surface area contributed by atoms with Gasteiger partial charge < -0.3 is 9.15 Å². The van der Waals surface area contributed by atoms with Crippen molar-refractivity contribution in [3.8, 4) is 11.1 Å². The van der Waals surface area contributed by atoms with Gasteiger partial charge in [-0.15, -0.1) is 0 Å². The van der Waals surface area contributed by atoms with Crippen LogP contribution in [-0.2, 0) is 11.2 Å². The maximum absolute atomic E-state index is 12.5. The SMILES string of the molecule is O=c1oc2ccccc2c(CC2CO2)c1-c1ccc(Cl)cc1. The molecule has 1 aromatic heterocycles. The zero-order valence-corrected chi connectivity index (χ0v) is 12.5. The van der Waals surface area contributed by atoms with Crippen molar-refractivity contribution < 1.29 is 9.15 Å². The molecule has 0 spiro atoms. The van der Waals surface area contributed by atoms with Gasteiger partial charge in [0.25, 0.3) is 0 Å². The zero-order chi connectivity index (χ0) is 15.1. The summed E-state index contributed by atoms with van der Waals surface area (Å²) in [5.41, 5.74) is 2.69. The van der Waals surface area contributed by atoms with E-state index in [1.807, 2.05) is 36.4 Å². The largest absolute Gasteiger partial charge is 0.422 e. The van der Waals surface area contributed by atoms with Crippen molar-refractivity contribution in [1.29, 1.82) is 0 Å². The summed E-state index contributed by atoms with van der Waals surface area (Å²) < 4.78 is 10.8. The minimum absolute atomic E-state index is 0.191. The Morgan fingerprint density at radius 3 is 2.55 bits per heavy atom. The first-order valence-electron chi connectivity index (χ1n) is 7.14. The summed E-state index contributed by atoms with van der Waals surface area (Å²) in [6, 6.07) is 14.9. The number of halogens is 1. The Balaban J connectivity index is 2.00. The average molecular weight is 313 g/mol. The van der Waals surface area contributed by atoms with Gasteiger partial charge in [-0.05, 0) is 29.3 Å². The third-order valence-corrected chi connectivity index (χ3v) is 4.14. The summed E-state index contributed by atoms with van der Waals surface area (Å²) in [6.45, 7) is 0.745.